The molecule has 0 bridgehead atoms. The molecule has 0 saturated heterocycles. The molecule has 1 heterocycles. The number of fused-ring (bicyclic) bond motifs is 2. The molecule has 0 radical (unpaired) electrons. The van der Waals surface area contributed by atoms with E-state index in [4.69, 9.17) is 4.98 Å². The van der Waals surface area contributed by atoms with Crippen LogP contribution >= 0.6 is 0 Å². The second-order valence-corrected chi connectivity index (χ2v) is 5.16. The van der Waals surface area contributed by atoms with Crippen molar-refractivity contribution in [2.75, 3.05) is 0 Å². The van der Waals surface area contributed by atoms with Crippen molar-refractivity contribution in [1.82, 2.24) is 4.98 Å². The number of hydrogen-bond acceptors (Lipinski definition) is 1. The Kier molecular flexibility index (Phi) is 2.08. The summed E-state index contributed by atoms with van der Waals surface area (Å²) in [5.74, 6) is 0.820. The SMILES string of the molecule is CCc1c2c(nc3c1CC(C)C3)CCC2. The highest BCUT2D eigenvalue weighted by molar-refractivity contribution is 5.45. The molecule has 3 rings (SSSR count). The zero-order valence-electron chi connectivity index (χ0n) is 9.77. The maximum absolute atomic E-state index is 4.89. The number of nitrogens with zero attached hydrogens (tertiary/aromatic N) is 1. The van der Waals surface area contributed by atoms with Crippen molar-refractivity contribution in [3.05, 3.63) is 28.1 Å². The van der Waals surface area contributed by atoms with Crippen molar-refractivity contribution in [2.45, 2.75) is 52.4 Å². The van der Waals surface area contributed by atoms with Gasteiger partial charge in [-0.3, -0.25) is 4.98 Å². The summed E-state index contributed by atoms with van der Waals surface area (Å²) in [7, 11) is 0. The van der Waals surface area contributed by atoms with Gasteiger partial charge in [-0.25, -0.2) is 0 Å². The van der Waals surface area contributed by atoms with E-state index in [1.54, 1.807) is 16.7 Å². The molecule has 0 fully saturated rings. The highest BCUT2D eigenvalue weighted by atomic mass is 14.7. The van der Waals surface area contributed by atoms with Gasteiger partial charge in [0.05, 0.1) is 0 Å². The van der Waals surface area contributed by atoms with Crippen LogP contribution in [0.1, 0.15) is 48.3 Å². The third-order valence-electron chi connectivity index (χ3n) is 3.98. The Bertz CT molecular complexity index is 406. The van der Waals surface area contributed by atoms with Gasteiger partial charge in [-0.1, -0.05) is 13.8 Å². The number of pyridine rings is 1. The molecule has 2 aliphatic carbocycles. The van der Waals surface area contributed by atoms with Crippen molar-refractivity contribution in [3.63, 3.8) is 0 Å². The van der Waals surface area contributed by atoms with Gasteiger partial charge >= 0.3 is 0 Å². The van der Waals surface area contributed by atoms with E-state index in [1.807, 2.05) is 0 Å². The normalized spacial score (nSPS) is 22.9. The maximum Gasteiger partial charge on any atom is 0.0444 e. The van der Waals surface area contributed by atoms with Crippen LogP contribution in [0.4, 0.5) is 0 Å². The fourth-order valence-electron chi connectivity index (χ4n) is 3.35. The molecule has 1 aromatic rings. The smallest absolute Gasteiger partial charge is 0.0444 e. The Morgan fingerprint density at radius 3 is 2.80 bits per heavy atom. The second kappa shape index (κ2) is 3.33. The summed E-state index contributed by atoms with van der Waals surface area (Å²) in [6.45, 7) is 4.66. The zero-order chi connectivity index (χ0) is 10.4. The van der Waals surface area contributed by atoms with E-state index >= 15 is 0 Å². The zero-order valence-corrected chi connectivity index (χ0v) is 9.77. The van der Waals surface area contributed by atoms with Crippen LogP contribution in [0, 0.1) is 5.92 Å². The summed E-state index contributed by atoms with van der Waals surface area (Å²) in [4.78, 5) is 4.89. The fourth-order valence-corrected chi connectivity index (χ4v) is 3.35. The van der Waals surface area contributed by atoms with Crippen LogP contribution in [0.15, 0.2) is 0 Å². The summed E-state index contributed by atoms with van der Waals surface area (Å²) in [6.07, 6.45) is 7.54. The minimum Gasteiger partial charge on any atom is -0.257 e. The van der Waals surface area contributed by atoms with E-state index < -0.39 is 0 Å². The van der Waals surface area contributed by atoms with Crippen molar-refractivity contribution in [3.8, 4) is 0 Å². The summed E-state index contributed by atoms with van der Waals surface area (Å²) >= 11 is 0. The standard InChI is InChI=1S/C14H19N/c1-3-10-11-5-4-6-13(11)15-14-8-9(2)7-12(10)14/h9H,3-8H2,1-2H3. The van der Waals surface area contributed by atoms with E-state index in [2.05, 4.69) is 13.8 Å². The average Bonchev–Trinajstić information content (AvgIpc) is 2.78. The number of hydrogen-bond donors (Lipinski definition) is 0. The van der Waals surface area contributed by atoms with Gasteiger partial charge in [-0.2, -0.15) is 0 Å². The van der Waals surface area contributed by atoms with Crippen LogP contribution < -0.4 is 0 Å². The minimum absolute atomic E-state index is 0.820. The second-order valence-electron chi connectivity index (χ2n) is 5.16. The average molecular weight is 201 g/mol. The van der Waals surface area contributed by atoms with E-state index in [0.717, 1.165) is 5.92 Å². The molecule has 0 aliphatic heterocycles. The van der Waals surface area contributed by atoms with Crippen LogP contribution in [0.5, 0.6) is 0 Å². The Morgan fingerprint density at radius 2 is 2.00 bits per heavy atom. The number of rotatable bonds is 1. The van der Waals surface area contributed by atoms with Gasteiger partial charge in [-0.05, 0) is 61.1 Å². The van der Waals surface area contributed by atoms with Gasteiger partial charge in [0.15, 0.2) is 0 Å². The lowest BCUT2D eigenvalue weighted by Crippen LogP contribution is -2.02. The molecule has 1 heteroatoms. The highest BCUT2D eigenvalue weighted by Gasteiger charge is 2.27. The predicted molar refractivity (Wildman–Crippen MR) is 62.2 cm³/mol. The highest BCUT2D eigenvalue weighted by Crippen LogP contribution is 2.34. The largest absolute Gasteiger partial charge is 0.257 e. The molecule has 1 unspecified atom stereocenters. The molecule has 1 aromatic heterocycles. The van der Waals surface area contributed by atoms with Crippen LogP contribution in [0.2, 0.25) is 0 Å². The molecule has 0 saturated carbocycles. The molecule has 0 aromatic carbocycles. The molecular weight excluding hydrogens is 182 g/mol. The van der Waals surface area contributed by atoms with E-state index in [-0.39, 0.29) is 0 Å². The van der Waals surface area contributed by atoms with Crippen LogP contribution in [0.25, 0.3) is 0 Å². The van der Waals surface area contributed by atoms with Crippen molar-refractivity contribution >= 4 is 0 Å². The molecule has 1 atom stereocenters. The fraction of sp³-hybridized carbons (Fsp3) is 0.643. The molecule has 0 amide bonds. The topological polar surface area (TPSA) is 12.9 Å². The Balaban J connectivity index is 2.19. The van der Waals surface area contributed by atoms with E-state index in [0.29, 0.717) is 0 Å². The van der Waals surface area contributed by atoms with Gasteiger partial charge in [0.25, 0.3) is 0 Å². The maximum atomic E-state index is 4.89. The summed E-state index contributed by atoms with van der Waals surface area (Å²) in [5.41, 5.74) is 7.76. The number of aromatic nitrogens is 1. The van der Waals surface area contributed by atoms with Gasteiger partial charge in [0.2, 0.25) is 0 Å². The molecule has 0 spiro atoms. The first kappa shape index (κ1) is 9.38. The van der Waals surface area contributed by atoms with Crippen LogP contribution in [-0.2, 0) is 32.1 Å². The monoisotopic (exact) mass is 201 g/mol. The van der Waals surface area contributed by atoms with Crippen molar-refractivity contribution in [1.29, 1.82) is 0 Å². The summed E-state index contributed by atoms with van der Waals surface area (Å²) in [5, 5.41) is 0. The molecule has 15 heavy (non-hydrogen) atoms. The first-order valence-electron chi connectivity index (χ1n) is 6.32. The molecule has 1 nitrogen and oxygen atoms in total. The van der Waals surface area contributed by atoms with Crippen molar-refractivity contribution in [2.24, 2.45) is 5.92 Å². The van der Waals surface area contributed by atoms with Gasteiger partial charge in [0, 0.05) is 11.4 Å². The minimum atomic E-state index is 0.820. The van der Waals surface area contributed by atoms with Crippen LogP contribution in [-0.4, -0.2) is 4.98 Å². The Labute approximate surface area is 91.9 Å². The van der Waals surface area contributed by atoms with Crippen LogP contribution in [0.3, 0.4) is 0 Å². The molecule has 2 aliphatic rings. The lowest BCUT2D eigenvalue weighted by molar-refractivity contribution is 0.622. The Hall–Kier alpha value is -0.850. The van der Waals surface area contributed by atoms with E-state index in [1.165, 1.54) is 49.9 Å². The first-order chi connectivity index (χ1) is 7.29. The lowest BCUT2D eigenvalue weighted by Gasteiger charge is -2.12. The summed E-state index contributed by atoms with van der Waals surface area (Å²) < 4.78 is 0. The van der Waals surface area contributed by atoms with Gasteiger partial charge < -0.3 is 0 Å². The lowest BCUT2D eigenvalue weighted by atomic mass is 9.97. The van der Waals surface area contributed by atoms with Gasteiger partial charge in [-0.15, -0.1) is 0 Å². The van der Waals surface area contributed by atoms with Crippen molar-refractivity contribution < 1.29 is 0 Å². The third-order valence-corrected chi connectivity index (χ3v) is 3.98. The Morgan fingerprint density at radius 1 is 1.13 bits per heavy atom. The molecule has 80 valence electrons. The van der Waals surface area contributed by atoms with Gasteiger partial charge in [0.1, 0.15) is 0 Å². The predicted octanol–water partition coefficient (Wildman–Crippen LogP) is 2.87. The molecule has 0 N–H and O–H groups in total. The van der Waals surface area contributed by atoms with E-state index in [9.17, 15) is 0 Å². The quantitative estimate of drug-likeness (QED) is 0.681. The molecular formula is C14H19N. The number of aryl methyl sites for hydroxylation is 1. The summed E-state index contributed by atoms with van der Waals surface area (Å²) in [6, 6.07) is 0. The third kappa shape index (κ3) is 1.32. The first-order valence-corrected chi connectivity index (χ1v) is 6.32.